The maximum absolute atomic E-state index is 11.0. The van der Waals surface area contributed by atoms with Gasteiger partial charge in [-0.3, -0.25) is 4.79 Å². The van der Waals surface area contributed by atoms with Crippen molar-refractivity contribution in [3.8, 4) is 5.75 Å². The minimum absolute atomic E-state index is 0.131. The predicted molar refractivity (Wildman–Crippen MR) is 66.3 cm³/mol. The van der Waals surface area contributed by atoms with Crippen LogP contribution in [0, 0.1) is 0 Å². The van der Waals surface area contributed by atoms with Crippen molar-refractivity contribution in [2.45, 2.75) is 26.2 Å². The molecule has 1 aromatic rings. The lowest BCUT2D eigenvalue weighted by molar-refractivity contribution is -0.114. The van der Waals surface area contributed by atoms with Crippen molar-refractivity contribution in [1.82, 2.24) is 0 Å². The Kier molecular flexibility index (Phi) is 5.20. The van der Waals surface area contributed by atoms with Gasteiger partial charge in [0.2, 0.25) is 5.91 Å². The van der Waals surface area contributed by atoms with E-state index in [0.29, 0.717) is 17.9 Å². The molecule has 0 saturated carbocycles. The van der Waals surface area contributed by atoms with Crippen LogP contribution < -0.4 is 10.1 Å². The van der Waals surface area contributed by atoms with Gasteiger partial charge in [0, 0.05) is 13.3 Å². The second kappa shape index (κ2) is 6.68. The van der Waals surface area contributed by atoms with Gasteiger partial charge in [0.1, 0.15) is 12.0 Å². The molecule has 0 unspecified atom stereocenters. The van der Waals surface area contributed by atoms with Gasteiger partial charge in [0.05, 0.1) is 12.8 Å². The lowest BCUT2D eigenvalue weighted by Crippen LogP contribution is -2.07. The highest BCUT2D eigenvalue weighted by molar-refractivity contribution is 5.90. The predicted octanol–water partition coefficient (Wildman–Crippen LogP) is 2.18. The molecule has 1 rings (SSSR count). The van der Waals surface area contributed by atoms with Gasteiger partial charge in [-0.15, -0.1) is 0 Å². The molecule has 1 amide bonds. The van der Waals surface area contributed by atoms with Crippen LogP contribution in [0.3, 0.4) is 0 Å². The summed E-state index contributed by atoms with van der Waals surface area (Å²) in [7, 11) is 1.56. The smallest absolute Gasteiger partial charge is 0.221 e. The van der Waals surface area contributed by atoms with E-state index in [2.05, 4.69) is 5.32 Å². The molecule has 4 nitrogen and oxygen atoms in total. The number of amides is 1. The summed E-state index contributed by atoms with van der Waals surface area (Å²) >= 11 is 0. The number of aryl methyl sites for hydroxylation is 1. The van der Waals surface area contributed by atoms with E-state index >= 15 is 0 Å². The van der Waals surface area contributed by atoms with Crippen molar-refractivity contribution < 1.29 is 14.3 Å². The van der Waals surface area contributed by atoms with Crippen LogP contribution in [0.2, 0.25) is 0 Å². The largest absolute Gasteiger partial charge is 0.495 e. The number of hydrogen-bond donors (Lipinski definition) is 1. The van der Waals surface area contributed by atoms with Gasteiger partial charge >= 0.3 is 0 Å². The minimum atomic E-state index is -0.131. The van der Waals surface area contributed by atoms with E-state index in [0.717, 1.165) is 24.7 Å². The summed E-state index contributed by atoms with van der Waals surface area (Å²) in [6.07, 6.45) is 3.10. The molecule has 0 aliphatic carbocycles. The van der Waals surface area contributed by atoms with Crippen LogP contribution >= 0.6 is 0 Å². The summed E-state index contributed by atoms with van der Waals surface area (Å²) in [5, 5.41) is 2.72. The van der Waals surface area contributed by atoms with E-state index in [4.69, 9.17) is 4.74 Å². The monoisotopic (exact) mass is 235 g/mol. The SMILES string of the molecule is COc1ccc(CCCC=O)cc1NC(C)=O. The first kappa shape index (κ1) is 13.2. The second-order valence-electron chi connectivity index (χ2n) is 3.77. The molecule has 0 heterocycles. The van der Waals surface area contributed by atoms with Crippen molar-refractivity contribution in [2.75, 3.05) is 12.4 Å². The Balaban J connectivity index is 2.80. The Labute approximate surface area is 101 Å². The zero-order valence-electron chi connectivity index (χ0n) is 10.2. The minimum Gasteiger partial charge on any atom is -0.495 e. The third-order valence-corrected chi connectivity index (χ3v) is 2.36. The fourth-order valence-electron chi connectivity index (χ4n) is 1.59. The fraction of sp³-hybridized carbons (Fsp3) is 0.385. The van der Waals surface area contributed by atoms with Crippen LogP contribution in [0.15, 0.2) is 18.2 Å². The van der Waals surface area contributed by atoms with Gasteiger partial charge in [-0.25, -0.2) is 0 Å². The van der Waals surface area contributed by atoms with E-state index in [-0.39, 0.29) is 5.91 Å². The first-order chi connectivity index (χ1) is 8.17. The van der Waals surface area contributed by atoms with E-state index in [1.54, 1.807) is 7.11 Å². The summed E-state index contributed by atoms with van der Waals surface area (Å²) in [5.74, 6) is 0.507. The molecule has 0 aliphatic heterocycles. The van der Waals surface area contributed by atoms with Crippen molar-refractivity contribution in [2.24, 2.45) is 0 Å². The highest BCUT2D eigenvalue weighted by Crippen LogP contribution is 2.26. The molecule has 0 saturated heterocycles. The topological polar surface area (TPSA) is 55.4 Å². The summed E-state index contributed by atoms with van der Waals surface area (Å²) in [6.45, 7) is 1.46. The third kappa shape index (κ3) is 4.26. The van der Waals surface area contributed by atoms with E-state index in [9.17, 15) is 9.59 Å². The molecule has 0 aliphatic rings. The number of carbonyl (C=O) groups excluding carboxylic acids is 2. The Morgan fingerprint density at radius 1 is 1.47 bits per heavy atom. The van der Waals surface area contributed by atoms with Crippen LogP contribution in [0.1, 0.15) is 25.3 Å². The number of methoxy groups -OCH3 is 1. The van der Waals surface area contributed by atoms with Gasteiger partial charge in [-0.05, 0) is 30.5 Å². The van der Waals surface area contributed by atoms with Crippen LogP contribution in [-0.4, -0.2) is 19.3 Å². The van der Waals surface area contributed by atoms with Crippen LogP contribution in [0.4, 0.5) is 5.69 Å². The number of nitrogens with one attached hydrogen (secondary N) is 1. The molecule has 0 aromatic heterocycles. The van der Waals surface area contributed by atoms with Crippen molar-refractivity contribution in [1.29, 1.82) is 0 Å². The van der Waals surface area contributed by atoms with E-state index < -0.39 is 0 Å². The quantitative estimate of drug-likeness (QED) is 0.607. The molecule has 1 aromatic carbocycles. The van der Waals surface area contributed by atoms with Gasteiger partial charge < -0.3 is 14.8 Å². The molecule has 17 heavy (non-hydrogen) atoms. The molecule has 0 atom stereocenters. The number of carbonyl (C=O) groups is 2. The second-order valence-corrected chi connectivity index (χ2v) is 3.77. The zero-order chi connectivity index (χ0) is 12.7. The van der Waals surface area contributed by atoms with Gasteiger partial charge in [-0.1, -0.05) is 6.07 Å². The van der Waals surface area contributed by atoms with Gasteiger partial charge in [0.15, 0.2) is 0 Å². The lowest BCUT2D eigenvalue weighted by atomic mass is 10.1. The Bertz CT molecular complexity index is 402. The van der Waals surface area contributed by atoms with Gasteiger partial charge in [0.25, 0.3) is 0 Å². The molecular formula is C13H17NO3. The van der Waals surface area contributed by atoms with Crippen molar-refractivity contribution >= 4 is 17.9 Å². The molecule has 4 heteroatoms. The van der Waals surface area contributed by atoms with Crippen molar-refractivity contribution in [3.05, 3.63) is 23.8 Å². The number of anilines is 1. The van der Waals surface area contributed by atoms with Crippen LogP contribution in [0.5, 0.6) is 5.75 Å². The fourth-order valence-corrected chi connectivity index (χ4v) is 1.59. The third-order valence-electron chi connectivity index (χ3n) is 2.36. The first-order valence-corrected chi connectivity index (χ1v) is 5.55. The van der Waals surface area contributed by atoms with Crippen molar-refractivity contribution in [3.63, 3.8) is 0 Å². The summed E-state index contributed by atoms with van der Waals surface area (Å²) < 4.78 is 5.16. The number of aldehydes is 1. The molecular weight excluding hydrogens is 218 g/mol. The Hall–Kier alpha value is -1.84. The normalized spacial score (nSPS) is 9.76. The standard InChI is InChI=1S/C13H17NO3/c1-10(16)14-12-9-11(5-3-4-8-15)6-7-13(12)17-2/h6-9H,3-5H2,1-2H3,(H,14,16). The van der Waals surface area contributed by atoms with E-state index in [1.807, 2.05) is 18.2 Å². The average Bonchev–Trinajstić information content (AvgIpc) is 2.29. The number of rotatable bonds is 6. The number of unbranched alkanes of at least 4 members (excludes halogenated alkanes) is 1. The maximum Gasteiger partial charge on any atom is 0.221 e. The zero-order valence-corrected chi connectivity index (χ0v) is 10.2. The summed E-state index contributed by atoms with van der Waals surface area (Å²) in [6, 6.07) is 5.64. The Morgan fingerprint density at radius 3 is 2.82 bits per heavy atom. The maximum atomic E-state index is 11.0. The highest BCUT2D eigenvalue weighted by atomic mass is 16.5. The Morgan fingerprint density at radius 2 is 2.24 bits per heavy atom. The van der Waals surface area contributed by atoms with Crippen LogP contribution in [-0.2, 0) is 16.0 Å². The number of ether oxygens (including phenoxy) is 1. The summed E-state index contributed by atoms with van der Waals surface area (Å²) in [5.41, 5.74) is 1.75. The molecule has 0 radical (unpaired) electrons. The lowest BCUT2D eigenvalue weighted by Gasteiger charge is -2.10. The average molecular weight is 235 g/mol. The molecule has 92 valence electrons. The van der Waals surface area contributed by atoms with Gasteiger partial charge in [-0.2, -0.15) is 0 Å². The molecule has 0 spiro atoms. The van der Waals surface area contributed by atoms with Crippen LogP contribution in [0.25, 0.3) is 0 Å². The number of benzene rings is 1. The molecule has 0 bridgehead atoms. The summed E-state index contributed by atoms with van der Waals surface area (Å²) in [4.78, 5) is 21.3. The molecule has 0 fully saturated rings. The van der Waals surface area contributed by atoms with E-state index in [1.165, 1.54) is 6.92 Å². The highest BCUT2D eigenvalue weighted by Gasteiger charge is 2.05. The number of hydrogen-bond acceptors (Lipinski definition) is 3. The molecule has 1 N–H and O–H groups in total. The first-order valence-electron chi connectivity index (χ1n) is 5.55.